The summed E-state index contributed by atoms with van der Waals surface area (Å²) < 4.78 is 38.8. The number of hydrogen-bond acceptors (Lipinski definition) is 2. The number of amides is 2. The first-order valence-electron chi connectivity index (χ1n) is 7.77. The molecule has 1 atom stereocenters. The molecule has 1 fully saturated rings. The molecule has 0 unspecified atom stereocenters. The molecular formula is C18H17F3N2OS. The maximum absolute atomic E-state index is 12.9. The minimum Gasteiger partial charge on any atom is -0.308 e. The van der Waals surface area contributed by atoms with Gasteiger partial charge in [-0.05, 0) is 36.8 Å². The van der Waals surface area contributed by atoms with Crippen LogP contribution in [0, 0.1) is 6.92 Å². The number of alkyl halides is 3. The molecule has 0 saturated carbocycles. The zero-order valence-corrected chi connectivity index (χ0v) is 14.3. The van der Waals surface area contributed by atoms with Crippen molar-refractivity contribution in [2.75, 3.05) is 17.6 Å². The SMILES string of the molecule is Cc1ccc(NC(=O)N2CCS[C@H]2c2cccc(C(F)(F)F)c2)cc1. The van der Waals surface area contributed by atoms with Crippen LogP contribution in [0.2, 0.25) is 0 Å². The number of carbonyl (C=O) groups is 1. The summed E-state index contributed by atoms with van der Waals surface area (Å²) in [5, 5.41) is 2.38. The van der Waals surface area contributed by atoms with Gasteiger partial charge in [0.15, 0.2) is 0 Å². The minimum absolute atomic E-state index is 0.309. The highest BCUT2D eigenvalue weighted by Gasteiger charge is 2.34. The summed E-state index contributed by atoms with van der Waals surface area (Å²) in [6, 6.07) is 12.2. The lowest BCUT2D eigenvalue weighted by molar-refractivity contribution is -0.137. The second-order valence-electron chi connectivity index (χ2n) is 5.84. The van der Waals surface area contributed by atoms with Crippen molar-refractivity contribution in [1.82, 2.24) is 4.90 Å². The summed E-state index contributed by atoms with van der Waals surface area (Å²) in [5.74, 6) is 0.683. The first-order chi connectivity index (χ1) is 11.8. The number of thioether (sulfide) groups is 1. The number of rotatable bonds is 2. The maximum atomic E-state index is 12.9. The second-order valence-corrected chi connectivity index (χ2v) is 7.02. The van der Waals surface area contributed by atoms with Crippen molar-refractivity contribution in [2.24, 2.45) is 0 Å². The average Bonchev–Trinajstić information content (AvgIpc) is 3.06. The van der Waals surface area contributed by atoms with Crippen molar-refractivity contribution >= 4 is 23.5 Å². The van der Waals surface area contributed by atoms with Crippen LogP contribution in [0.25, 0.3) is 0 Å². The molecule has 2 aromatic carbocycles. The molecule has 1 saturated heterocycles. The molecule has 0 aliphatic carbocycles. The van der Waals surface area contributed by atoms with Gasteiger partial charge in [0.2, 0.25) is 0 Å². The maximum Gasteiger partial charge on any atom is 0.416 e. The number of benzene rings is 2. The molecule has 0 spiro atoms. The predicted octanol–water partition coefficient (Wildman–Crippen LogP) is 5.29. The molecule has 0 bridgehead atoms. The van der Waals surface area contributed by atoms with Crippen LogP contribution < -0.4 is 5.32 Å². The topological polar surface area (TPSA) is 32.3 Å². The molecule has 132 valence electrons. The van der Waals surface area contributed by atoms with E-state index in [1.165, 1.54) is 17.8 Å². The molecule has 2 amide bonds. The zero-order chi connectivity index (χ0) is 18.0. The van der Waals surface area contributed by atoms with Gasteiger partial charge in [-0.2, -0.15) is 13.2 Å². The molecule has 3 nitrogen and oxygen atoms in total. The standard InChI is InChI=1S/C18H17F3N2OS/c1-12-5-7-15(8-6-12)22-17(24)23-9-10-25-16(23)13-3-2-4-14(11-13)18(19,20)21/h2-8,11,16H,9-10H2,1H3,(H,22,24)/t16-/m0/s1. The van der Waals surface area contributed by atoms with E-state index in [0.717, 1.165) is 17.7 Å². The van der Waals surface area contributed by atoms with Gasteiger partial charge in [0.1, 0.15) is 5.37 Å². The van der Waals surface area contributed by atoms with Gasteiger partial charge < -0.3 is 10.2 Å². The number of urea groups is 1. The summed E-state index contributed by atoms with van der Waals surface area (Å²) in [6.07, 6.45) is -4.39. The third-order valence-electron chi connectivity index (χ3n) is 3.95. The van der Waals surface area contributed by atoms with Gasteiger partial charge in [0.25, 0.3) is 0 Å². The first kappa shape index (κ1) is 17.7. The fourth-order valence-electron chi connectivity index (χ4n) is 2.65. The van der Waals surface area contributed by atoms with Gasteiger partial charge in [-0.1, -0.05) is 29.8 Å². The summed E-state index contributed by atoms with van der Waals surface area (Å²) in [5.41, 5.74) is 1.53. The Morgan fingerprint density at radius 3 is 2.60 bits per heavy atom. The van der Waals surface area contributed by atoms with E-state index in [4.69, 9.17) is 0 Å². The van der Waals surface area contributed by atoms with Crippen LogP contribution in [0.1, 0.15) is 22.1 Å². The largest absolute Gasteiger partial charge is 0.416 e. The van der Waals surface area contributed by atoms with Gasteiger partial charge in [0, 0.05) is 18.0 Å². The second kappa shape index (κ2) is 7.00. The number of nitrogens with one attached hydrogen (secondary N) is 1. The lowest BCUT2D eigenvalue weighted by Crippen LogP contribution is -2.34. The number of hydrogen-bond donors (Lipinski definition) is 1. The third kappa shape index (κ3) is 4.10. The van der Waals surface area contributed by atoms with Gasteiger partial charge in [-0.25, -0.2) is 4.79 Å². The van der Waals surface area contributed by atoms with E-state index in [1.807, 2.05) is 19.1 Å². The third-order valence-corrected chi connectivity index (χ3v) is 5.21. The van der Waals surface area contributed by atoms with E-state index < -0.39 is 17.1 Å². The fourth-order valence-corrected chi connectivity index (χ4v) is 3.90. The van der Waals surface area contributed by atoms with Crippen LogP contribution in [-0.2, 0) is 6.18 Å². The number of halogens is 3. The molecule has 25 heavy (non-hydrogen) atoms. The Morgan fingerprint density at radius 2 is 1.92 bits per heavy atom. The van der Waals surface area contributed by atoms with Gasteiger partial charge in [-0.15, -0.1) is 11.8 Å². The van der Waals surface area contributed by atoms with Crippen molar-refractivity contribution in [2.45, 2.75) is 18.5 Å². The van der Waals surface area contributed by atoms with Crippen LogP contribution in [0.4, 0.5) is 23.7 Å². The van der Waals surface area contributed by atoms with Crippen molar-refractivity contribution < 1.29 is 18.0 Å². The quantitative estimate of drug-likeness (QED) is 0.783. The van der Waals surface area contributed by atoms with E-state index >= 15 is 0 Å². The minimum atomic E-state index is -4.39. The van der Waals surface area contributed by atoms with Crippen LogP contribution in [-0.4, -0.2) is 23.2 Å². The molecule has 0 aromatic heterocycles. The Balaban J connectivity index is 1.78. The molecule has 0 radical (unpaired) electrons. The summed E-state index contributed by atoms with van der Waals surface area (Å²) in [4.78, 5) is 14.1. The van der Waals surface area contributed by atoms with Crippen LogP contribution in [0.15, 0.2) is 48.5 Å². The van der Waals surface area contributed by atoms with Crippen molar-refractivity contribution in [3.63, 3.8) is 0 Å². The Labute approximate surface area is 148 Å². The van der Waals surface area contributed by atoms with Crippen molar-refractivity contribution in [3.8, 4) is 0 Å². The number of carbonyl (C=O) groups excluding carboxylic acids is 1. The predicted molar refractivity (Wildman–Crippen MR) is 93.5 cm³/mol. The summed E-state index contributed by atoms with van der Waals surface area (Å²) in [7, 11) is 0. The monoisotopic (exact) mass is 366 g/mol. The Morgan fingerprint density at radius 1 is 1.20 bits per heavy atom. The number of aryl methyl sites for hydroxylation is 1. The molecule has 1 heterocycles. The number of nitrogens with zero attached hydrogens (tertiary/aromatic N) is 1. The molecule has 1 N–H and O–H groups in total. The van der Waals surface area contributed by atoms with Crippen LogP contribution >= 0.6 is 11.8 Å². The Hall–Kier alpha value is -2.15. The lowest BCUT2D eigenvalue weighted by Gasteiger charge is -2.25. The van der Waals surface area contributed by atoms with Crippen molar-refractivity contribution in [1.29, 1.82) is 0 Å². The zero-order valence-electron chi connectivity index (χ0n) is 13.5. The van der Waals surface area contributed by atoms with Gasteiger partial charge >= 0.3 is 12.2 Å². The summed E-state index contributed by atoms with van der Waals surface area (Å²) in [6.45, 7) is 2.44. The molecule has 1 aliphatic heterocycles. The van der Waals surface area contributed by atoms with Crippen molar-refractivity contribution in [3.05, 3.63) is 65.2 Å². The van der Waals surface area contributed by atoms with Crippen LogP contribution in [0.5, 0.6) is 0 Å². The summed E-state index contributed by atoms with van der Waals surface area (Å²) >= 11 is 1.46. The number of anilines is 1. The smallest absolute Gasteiger partial charge is 0.308 e. The van der Waals surface area contributed by atoms with E-state index in [2.05, 4.69) is 5.32 Å². The van der Waals surface area contributed by atoms with Gasteiger partial charge in [-0.3, -0.25) is 0 Å². The highest BCUT2D eigenvalue weighted by molar-refractivity contribution is 7.99. The van der Waals surface area contributed by atoms with Gasteiger partial charge in [0.05, 0.1) is 5.56 Å². The van der Waals surface area contributed by atoms with E-state index in [-0.39, 0.29) is 6.03 Å². The fraction of sp³-hybridized carbons (Fsp3) is 0.278. The highest BCUT2D eigenvalue weighted by Crippen LogP contribution is 2.40. The highest BCUT2D eigenvalue weighted by atomic mass is 32.2. The molecule has 1 aliphatic rings. The lowest BCUT2D eigenvalue weighted by atomic mass is 10.1. The molecule has 7 heteroatoms. The van der Waals surface area contributed by atoms with E-state index in [0.29, 0.717) is 23.5 Å². The molecule has 3 rings (SSSR count). The Bertz CT molecular complexity index is 762. The van der Waals surface area contributed by atoms with E-state index in [1.54, 1.807) is 23.1 Å². The van der Waals surface area contributed by atoms with E-state index in [9.17, 15) is 18.0 Å². The molecular weight excluding hydrogens is 349 g/mol. The van der Waals surface area contributed by atoms with Crippen LogP contribution in [0.3, 0.4) is 0 Å². The first-order valence-corrected chi connectivity index (χ1v) is 8.82. The molecule has 2 aromatic rings. The Kier molecular flexibility index (Phi) is 4.94. The normalized spacial score (nSPS) is 17.6. The average molecular weight is 366 g/mol.